The first-order valence-corrected chi connectivity index (χ1v) is 30.4. The molecule has 0 aromatic carbocycles. The molecule has 37 atom stereocenters. The van der Waals surface area contributed by atoms with Gasteiger partial charge in [0.15, 0.2) is 44.0 Å². The molecule has 89 heavy (non-hydrogen) atoms. The van der Waals surface area contributed by atoms with E-state index in [-0.39, 0.29) is 11.5 Å². The number of aliphatic hydroxyl groups excluding tert-OH is 19. The van der Waals surface area contributed by atoms with Crippen LogP contribution in [0.3, 0.4) is 0 Å². The predicted octanol–water partition coefficient (Wildman–Crippen LogP) is -14.9. The second kappa shape index (κ2) is 31.9. The first kappa shape index (κ1) is 73.1. The van der Waals surface area contributed by atoms with Crippen molar-refractivity contribution in [3.63, 3.8) is 0 Å². The second-order valence-corrected chi connectivity index (χ2v) is 24.4. The third-order valence-corrected chi connectivity index (χ3v) is 18.5. The Hall–Kier alpha value is -1.76. The van der Waals surface area contributed by atoms with Gasteiger partial charge < -0.3 is 185 Å². The van der Waals surface area contributed by atoms with E-state index in [0.717, 1.165) is 23.5 Å². The van der Waals surface area contributed by atoms with Gasteiger partial charge in [0.05, 0.1) is 45.2 Å². The Morgan fingerprint density at radius 2 is 0.438 bits per heavy atom. The largest absolute Gasteiger partial charge is 0.480 e. The van der Waals surface area contributed by atoms with Crippen LogP contribution in [-0.2, 0) is 75.9 Å². The fourth-order valence-electron chi connectivity index (χ4n) is 11.2. The van der Waals surface area contributed by atoms with Crippen molar-refractivity contribution in [2.45, 2.75) is 227 Å². The number of hydrogen-bond acceptors (Lipinski definition) is 39. The smallest absolute Gasteiger partial charge is 0.321 e. The maximum Gasteiger partial charge on any atom is 0.321 e. The number of carboxylic acids is 2. The monoisotopic (exact) mass is 1340 g/mol. The standard InChI is InChI=1S/C48H80N2O37S2/c49-10(40(70)71)6-88-8-17-38-25(62)32(69)48(80-17)85-37-16(5-55)76-44(28(65)21(37)58)83-35-14(3-53)78-46(30(67)23(35)60)87-39-18(9-89-7-11(50)41(72)73)79-47(31(68)24(39)61)84-36-15(4-54)75-43(27(64)20(36)57)81-33-12(1-51)74-42(26(63)19(33)56)82-34-13(2-52)77-45(86-38)29(66)22(34)59/h10-39,42-48,51-69H,1-9,49-50H2,(H,70,71)(H,72,73)/t10-,11-,12?,13?,14?,15?,16?,17?,18?,19-,20-,21-,22-,23-,24-,25-,26?,27?,28?,29?,30?,31?,32?,33-,34-,35-,36?,37-,38-,39-,42-,43-,44+,45-,46+,47+,48-/m1/s1. The lowest BCUT2D eigenvalue weighted by Gasteiger charge is -2.50. The van der Waals surface area contributed by atoms with Crippen molar-refractivity contribution in [3.8, 4) is 0 Å². The third-order valence-electron chi connectivity index (χ3n) is 16.2. The molecule has 0 aromatic rings. The molecule has 41 heteroatoms. The van der Waals surface area contributed by atoms with E-state index in [9.17, 15) is 117 Å². The van der Waals surface area contributed by atoms with E-state index in [1.165, 1.54) is 0 Å². The van der Waals surface area contributed by atoms with Crippen LogP contribution in [0.2, 0.25) is 0 Å². The zero-order valence-corrected chi connectivity index (χ0v) is 48.3. The molecule has 21 rings (SSSR count). The first-order chi connectivity index (χ1) is 42.2. The van der Waals surface area contributed by atoms with Gasteiger partial charge in [-0.1, -0.05) is 0 Å². The summed E-state index contributed by atoms with van der Waals surface area (Å²) in [6.07, 6.45) is -71.4. The quantitative estimate of drug-likeness (QED) is 0.0724. The topological polar surface area (TPSA) is 640 Å². The number of hydrogen-bond donors (Lipinski definition) is 23. The molecule has 0 radical (unpaired) electrons. The van der Waals surface area contributed by atoms with Gasteiger partial charge in [0.25, 0.3) is 0 Å². The summed E-state index contributed by atoms with van der Waals surface area (Å²) in [7, 11) is 0. The lowest BCUT2D eigenvalue weighted by Crippen LogP contribution is -2.68. The Bertz CT molecular complexity index is 2200. The van der Waals surface area contributed by atoms with E-state index >= 15 is 0 Å². The molecule has 39 nitrogen and oxygen atoms in total. The maximum absolute atomic E-state index is 11.7. The summed E-state index contributed by atoms with van der Waals surface area (Å²) in [6.45, 7) is -5.43. The Balaban J connectivity index is 1.11. The molecule has 0 aromatic heterocycles. The van der Waals surface area contributed by atoms with Gasteiger partial charge in [-0.25, -0.2) is 0 Å². The van der Waals surface area contributed by atoms with Crippen molar-refractivity contribution in [1.82, 2.24) is 0 Å². The van der Waals surface area contributed by atoms with Gasteiger partial charge in [-0.3, -0.25) is 9.59 Å². The fourth-order valence-corrected chi connectivity index (χ4v) is 13.2. The van der Waals surface area contributed by atoms with Crippen LogP contribution in [0.5, 0.6) is 0 Å². The molecule has 15 unspecified atom stereocenters. The highest BCUT2D eigenvalue weighted by Crippen LogP contribution is 2.40. The summed E-state index contributed by atoms with van der Waals surface area (Å²) in [4.78, 5) is 23.2. The molecule has 0 spiro atoms. The maximum atomic E-state index is 11.7. The van der Waals surface area contributed by atoms with Crippen LogP contribution in [0.15, 0.2) is 0 Å². The highest BCUT2D eigenvalue weighted by molar-refractivity contribution is 7.99. The van der Waals surface area contributed by atoms with Crippen LogP contribution in [-0.4, -0.2) is 402 Å². The second-order valence-electron chi connectivity index (χ2n) is 22.3. The van der Waals surface area contributed by atoms with Crippen LogP contribution in [0.25, 0.3) is 0 Å². The summed E-state index contributed by atoms with van der Waals surface area (Å²) < 4.78 is 81.6. The molecule has 21 heterocycles. The number of aliphatic carboxylic acids is 2. The van der Waals surface area contributed by atoms with Gasteiger partial charge >= 0.3 is 11.9 Å². The van der Waals surface area contributed by atoms with E-state index in [4.69, 9.17) is 77.8 Å². The number of aliphatic hydroxyl groups is 19. The van der Waals surface area contributed by atoms with Crippen molar-refractivity contribution in [2.75, 3.05) is 56.0 Å². The average Bonchev–Trinajstić information content (AvgIpc) is 0.884. The minimum absolute atomic E-state index is 0.319. The number of carboxylic acid groups (broad SMARTS) is 2. The van der Waals surface area contributed by atoms with Crippen molar-refractivity contribution in [2.24, 2.45) is 11.5 Å². The highest BCUT2D eigenvalue weighted by atomic mass is 32.2. The third kappa shape index (κ3) is 15.9. The zero-order chi connectivity index (χ0) is 65.2. The molecular formula is C48H80N2O37S2. The van der Waals surface area contributed by atoms with Crippen LogP contribution in [0.4, 0.5) is 0 Å². The Kier molecular flexibility index (Phi) is 26.2. The lowest BCUT2D eigenvalue weighted by atomic mass is 9.95. The van der Waals surface area contributed by atoms with E-state index in [0.29, 0.717) is 0 Å². The Morgan fingerprint density at radius 3 is 0.596 bits per heavy atom. The summed E-state index contributed by atoms with van der Waals surface area (Å²) >= 11 is 1.60. The van der Waals surface area contributed by atoms with Crippen molar-refractivity contribution >= 4 is 35.5 Å². The summed E-state index contributed by atoms with van der Waals surface area (Å²) in [5.41, 5.74) is 11.4. The van der Waals surface area contributed by atoms with Gasteiger partial charge in [-0.15, -0.1) is 0 Å². The highest BCUT2D eigenvalue weighted by Gasteiger charge is 2.60. The number of nitrogens with two attached hydrogens (primary N) is 2. The zero-order valence-electron chi connectivity index (χ0n) is 46.6. The molecule has 14 bridgehead atoms. The summed E-state index contributed by atoms with van der Waals surface area (Å²) in [5.74, 6) is -4.26. The number of rotatable bonds is 15. The number of thioether (sulfide) groups is 2. The molecule has 516 valence electrons. The van der Waals surface area contributed by atoms with Gasteiger partial charge in [0.1, 0.15) is 171 Å². The average molecular weight is 1340 g/mol. The van der Waals surface area contributed by atoms with Crippen molar-refractivity contribution in [3.05, 3.63) is 0 Å². The SMILES string of the molecule is N[C@H](CSCC1O[C@H]2OC3C(CO)O[C@H](O[C@@H]4C(CO)O[C@H](O[C@@H]5C(CO)O[C@H](O[C@@H]6C(CSC[C@@H](N)C(=O)O)O[C@H](O[C@@H]7C(CO)O[C@@H](O[C@@H]8C(CO)O[C@@H](O[C@H]1[C@H](O)C2O)C(O)[C@H]8O)C(O)[C@H]7O)C(O)[C@H]6O)C(O)[C@H]5O)C(O)[C@H]4O)C(O)[C@H]3O)C(=O)O. The van der Waals surface area contributed by atoms with Crippen LogP contribution >= 0.6 is 23.5 Å². The van der Waals surface area contributed by atoms with Crippen LogP contribution in [0, 0.1) is 0 Å². The molecule has 21 aliphatic heterocycles. The molecule has 0 amide bonds. The van der Waals surface area contributed by atoms with E-state index in [1.54, 1.807) is 0 Å². The minimum Gasteiger partial charge on any atom is -0.480 e. The normalized spacial score (nSPS) is 50.1. The molecule has 0 saturated carbocycles. The molecule has 21 fully saturated rings. The Labute approximate surface area is 511 Å². The summed E-state index contributed by atoms with van der Waals surface area (Å²) in [6, 6.07) is -2.94. The summed E-state index contributed by atoms with van der Waals surface area (Å²) in [5, 5.41) is 233. The first-order valence-electron chi connectivity index (χ1n) is 28.1. The van der Waals surface area contributed by atoms with Crippen LogP contribution < -0.4 is 11.5 Å². The fraction of sp³-hybridized carbons (Fsp3) is 0.958. The molecule has 25 N–H and O–H groups in total. The van der Waals surface area contributed by atoms with E-state index in [1.807, 2.05) is 0 Å². The minimum atomic E-state index is -2.27. The van der Waals surface area contributed by atoms with Gasteiger partial charge in [-0.05, 0) is 0 Å². The van der Waals surface area contributed by atoms with Crippen LogP contribution in [0.1, 0.15) is 0 Å². The van der Waals surface area contributed by atoms with E-state index < -0.39 is 284 Å². The molecule has 0 aliphatic carbocycles. The predicted molar refractivity (Wildman–Crippen MR) is 280 cm³/mol. The van der Waals surface area contributed by atoms with Gasteiger partial charge in [0, 0.05) is 23.0 Å². The molecule has 21 aliphatic rings. The van der Waals surface area contributed by atoms with Gasteiger partial charge in [-0.2, -0.15) is 23.5 Å². The molecule has 21 saturated heterocycles. The number of ether oxygens (including phenoxy) is 14. The van der Waals surface area contributed by atoms with E-state index in [2.05, 4.69) is 0 Å². The van der Waals surface area contributed by atoms with Gasteiger partial charge in [0.2, 0.25) is 0 Å². The van der Waals surface area contributed by atoms with Crippen molar-refractivity contribution < 1.29 is 183 Å². The van der Waals surface area contributed by atoms with Crippen molar-refractivity contribution in [1.29, 1.82) is 0 Å². The lowest BCUT2D eigenvalue weighted by molar-refractivity contribution is -0.395. The molecular weight excluding hydrogens is 1260 g/mol. The number of carbonyl (C=O) groups is 2. The Morgan fingerprint density at radius 1 is 0.281 bits per heavy atom.